The minimum Gasteiger partial charge on any atom is -0.790 e. The summed E-state index contributed by atoms with van der Waals surface area (Å²) in [7, 11) is -11.6. The van der Waals surface area contributed by atoms with Gasteiger partial charge in [-0.25, -0.2) is 4.62 Å². The molecule has 0 fully saturated rings. The van der Waals surface area contributed by atoms with Crippen molar-refractivity contribution in [3.05, 3.63) is 10.1 Å². The summed E-state index contributed by atoms with van der Waals surface area (Å²) in [6.07, 6.45) is 0. The second-order valence-electron chi connectivity index (χ2n) is 1.28. The van der Waals surface area contributed by atoms with Crippen LogP contribution in [-0.2, 0) is 18.1 Å². The maximum Gasteiger partial charge on any atom is 3.00 e. The van der Waals surface area contributed by atoms with Crippen molar-refractivity contribution in [1.82, 2.24) is 0 Å². The smallest absolute Gasteiger partial charge is 0.790 e. The largest absolute Gasteiger partial charge is 3.00 e. The molecule has 0 heterocycles. The normalized spacial score (nSPS) is 15.3. The fourth-order valence-corrected chi connectivity index (χ4v) is 1.48. The topological polar surface area (TPSA) is 165 Å². The second-order valence-corrected chi connectivity index (χ2v) is 3.89. The Balaban J connectivity index is 0. The van der Waals surface area contributed by atoms with Crippen molar-refractivity contribution in [2.45, 2.75) is 0 Å². The van der Waals surface area contributed by atoms with E-state index in [1.807, 2.05) is 0 Å². The molecular weight excluding hydrogens is 247 g/mol. The Morgan fingerprint density at radius 2 is 1.54 bits per heavy atom. The zero-order valence-electron chi connectivity index (χ0n) is 5.59. The maximum absolute atomic E-state index is 10.0. The molecule has 0 aromatic rings. The summed E-state index contributed by atoms with van der Waals surface area (Å²) in [5, 5.41) is 7.51. The van der Waals surface area contributed by atoms with Crippen LogP contribution in [0.3, 0.4) is 0 Å². The first kappa shape index (κ1) is 15.5. The van der Waals surface area contributed by atoms with Crippen LogP contribution in [0.5, 0.6) is 0 Å². The Bertz CT molecular complexity index is 265. The van der Waals surface area contributed by atoms with Crippen molar-refractivity contribution in [1.29, 1.82) is 0 Å². The van der Waals surface area contributed by atoms with Gasteiger partial charge in [0.05, 0.1) is 7.82 Å². The SMILES string of the molecule is O=[N+]([O-])OP(=O)([O-])OP(=O)([O-])[O-].[Al+3]. The molecule has 0 saturated heterocycles. The first-order chi connectivity index (χ1) is 5.12. The monoisotopic (exact) mass is 247 g/mol. The molecule has 13 heteroatoms. The van der Waals surface area contributed by atoms with Gasteiger partial charge < -0.3 is 19.2 Å². The molecule has 0 radical (unpaired) electrons. The van der Waals surface area contributed by atoms with E-state index >= 15 is 0 Å². The van der Waals surface area contributed by atoms with Crippen LogP contribution in [0.15, 0.2) is 0 Å². The first-order valence-corrected chi connectivity index (χ1v) is 4.93. The Morgan fingerprint density at radius 1 is 1.15 bits per heavy atom. The van der Waals surface area contributed by atoms with E-state index in [4.69, 9.17) is 0 Å². The maximum atomic E-state index is 10.0. The molecule has 0 aliphatic heterocycles. The van der Waals surface area contributed by atoms with Crippen molar-refractivity contribution < 1.29 is 37.8 Å². The fourth-order valence-electron chi connectivity index (χ4n) is 0.219. The molecule has 0 spiro atoms. The quantitative estimate of drug-likeness (QED) is 0.219. The van der Waals surface area contributed by atoms with Crippen molar-refractivity contribution in [2.24, 2.45) is 0 Å². The van der Waals surface area contributed by atoms with Crippen LogP contribution in [0.25, 0.3) is 0 Å². The molecule has 72 valence electrons. The molecule has 0 saturated carbocycles. The van der Waals surface area contributed by atoms with Gasteiger partial charge in [-0.1, -0.05) is 0 Å². The summed E-state index contributed by atoms with van der Waals surface area (Å²) in [6, 6.07) is 0. The van der Waals surface area contributed by atoms with Gasteiger partial charge in [0, 0.05) is 0 Å². The minimum absolute atomic E-state index is 0. The molecule has 1 unspecified atom stereocenters. The first-order valence-electron chi connectivity index (χ1n) is 2.01. The van der Waals surface area contributed by atoms with Gasteiger partial charge in [-0.15, -0.1) is 10.1 Å². The molecule has 0 aromatic carbocycles. The van der Waals surface area contributed by atoms with Crippen molar-refractivity contribution in [2.75, 3.05) is 0 Å². The van der Waals surface area contributed by atoms with E-state index in [0.29, 0.717) is 0 Å². The number of phosphoric acid groups is 2. The van der Waals surface area contributed by atoms with Crippen LogP contribution >= 0.6 is 15.6 Å². The molecule has 0 amide bonds. The van der Waals surface area contributed by atoms with Gasteiger partial charge in [-0.3, -0.25) is 8.88 Å². The molecule has 0 N–H and O–H groups in total. The molecule has 13 heavy (non-hydrogen) atoms. The molecule has 0 rings (SSSR count). The zero-order chi connectivity index (χ0) is 9.99. The summed E-state index contributed by atoms with van der Waals surface area (Å²) in [5.74, 6) is 0. The van der Waals surface area contributed by atoms with Crippen LogP contribution in [0, 0.1) is 10.1 Å². The summed E-state index contributed by atoms with van der Waals surface area (Å²) < 4.78 is 25.1. The van der Waals surface area contributed by atoms with E-state index in [1.54, 1.807) is 0 Å². The molecule has 1 atom stereocenters. The molecule has 0 aliphatic rings. The standard InChI is InChI=1S/Al.H3NO9P2/c;2-1(3)9-12(7,8)10-11(4,5)6/h;(H,7,8)(H2,4,5,6)/q+3;/p-3. The van der Waals surface area contributed by atoms with Gasteiger partial charge in [0.25, 0.3) is 0 Å². The Hall–Kier alpha value is 0.0325. The molecule has 0 aliphatic carbocycles. The number of hydrogen-bond donors (Lipinski definition) is 0. The van der Waals surface area contributed by atoms with Gasteiger partial charge in [-0.05, 0) is 0 Å². The third-order valence-corrected chi connectivity index (χ3v) is 2.30. The van der Waals surface area contributed by atoms with E-state index in [0.717, 1.165) is 0 Å². The fraction of sp³-hybridized carbons (Fsp3) is 0. The number of rotatable bonds is 4. The molecular formula is AlNO9P2. The van der Waals surface area contributed by atoms with Gasteiger partial charge in [0.1, 0.15) is 0 Å². The van der Waals surface area contributed by atoms with Crippen molar-refractivity contribution in [3.8, 4) is 0 Å². The second kappa shape index (κ2) is 5.05. The van der Waals surface area contributed by atoms with E-state index in [9.17, 15) is 33.9 Å². The van der Waals surface area contributed by atoms with Gasteiger partial charge in [-0.2, -0.15) is 0 Å². The Morgan fingerprint density at radius 3 is 1.77 bits per heavy atom. The van der Waals surface area contributed by atoms with E-state index < -0.39 is 20.7 Å². The van der Waals surface area contributed by atoms with Crippen LogP contribution < -0.4 is 14.7 Å². The Kier molecular flexibility index (Phi) is 6.02. The molecule has 0 bridgehead atoms. The van der Waals surface area contributed by atoms with Gasteiger partial charge in [0.15, 0.2) is 0 Å². The minimum atomic E-state index is -5.85. The van der Waals surface area contributed by atoms with Crippen molar-refractivity contribution >= 4 is 33.0 Å². The van der Waals surface area contributed by atoms with Gasteiger partial charge >= 0.3 is 30.3 Å². The number of hydrogen-bond acceptors (Lipinski definition) is 9. The summed E-state index contributed by atoms with van der Waals surface area (Å²) in [4.78, 5) is 38.6. The summed E-state index contributed by atoms with van der Waals surface area (Å²) in [6.45, 7) is 0. The number of nitrogens with zero attached hydrogens (tertiary/aromatic N) is 1. The predicted molar refractivity (Wildman–Crippen MR) is 30.1 cm³/mol. The average Bonchev–Trinajstić information content (AvgIpc) is 1.48. The van der Waals surface area contributed by atoms with Crippen LogP contribution in [0.2, 0.25) is 0 Å². The van der Waals surface area contributed by atoms with E-state index in [2.05, 4.69) is 8.94 Å². The van der Waals surface area contributed by atoms with Crippen LogP contribution in [0.1, 0.15) is 0 Å². The van der Waals surface area contributed by atoms with Gasteiger partial charge in [0.2, 0.25) is 0 Å². The Labute approximate surface area is 81.6 Å². The van der Waals surface area contributed by atoms with E-state index in [1.165, 1.54) is 0 Å². The molecule has 10 nitrogen and oxygen atoms in total. The van der Waals surface area contributed by atoms with Crippen molar-refractivity contribution in [3.63, 3.8) is 0 Å². The van der Waals surface area contributed by atoms with Crippen LogP contribution in [-0.4, -0.2) is 22.4 Å². The predicted octanol–water partition coefficient (Wildman–Crippen LogP) is -2.87. The summed E-state index contributed by atoms with van der Waals surface area (Å²) in [5.41, 5.74) is 0. The third-order valence-electron chi connectivity index (χ3n) is 0.367. The van der Waals surface area contributed by atoms with Crippen LogP contribution in [0.4, 0.5) is 0 Å². The summed E-state index contributed by atoms with van der Waals surface area (Å²) >= 11 is 0. The third kappa shape index (κ3) is 9.95. The zero-order valence-corrected chi connectivity index (χ0v) is 8.54. The van der Waals surface area contributed by atoms with E-state index in [-0.39, 0.29) is 17.4 Å². The average molecular weight is 247 g/mol. The molecule has 0 aromatic heterocycles.